The van der Waals surface area contributed by atoms with Gasteiger partial charge < -0.3 is 0 Å². The van der Waals surface area contributed by atoms with E-state index in [4.69, 9.17) is 0 Å². The Balaban J connectivity index is 1.95. The summed E-state index contributed by atoms with van der Waals surface area (Å²) in [6.07, 6.45) is 11.3. The molecule has 0 spiro atoms. The fraction of sp³-hybridized carbons (Fsp3) is 0.824. The van der Waals surface area contributed by atoms with Crippen LogP contribution in [0.1, 0.15) is 71.6 Å². The summed E-state index contributed by atoms with van der Waals surface area (Å²) in [4.78, 5) is 28.8. The monoisotopic (exact) mass is 277 g/mol. The van der Waals surface area contributed by atoms with Crippen LogP contribution in [0.25, 0.3) is 0 Å². The van der Waals surface area contributed by atoms with Gasteiger partial charge in [0.2, 0.25) is 0 Å². The molecule has 2 aliphatic carbocycles. The van der Waals surface area contributed by atoms with Gasteiger partial charge in [0.05, 0.1) is 0 Å². The summed E-state index contributed by atoms with van der Waals surface area (Å²) in [5.74, 6) is -0.449. The quantitative estimate of drug-likeness (QED) is 0.570. The maximum Gasteiger partial charge on any atom is 0.149 e. The van der Waals surface area contributed by atoms with Gasteiger partial charge in [-0.3, -0.25) is 14.6 Å². The minimum absolute atomic E-state index is 0.0563. The molecule has 0 bridgehead atoms. The van der Waals surface area contributed by atoms with E-state index in [2.05, 4.69) is 4.99 Å². The lowest BCUT2D eigenvalue weighted by atomic mass is 9.72. The molecule has 0 heterocycles. The average Bonchev–Trinajstić information content (AvgIpc) is 2.28. The molecule has 2 aliphatic rings. The number of ketones is 2. The fourth-order valence-corrected chi connectivity index (χ4v) is 3.36. The second-order valence-electron chi connectivity index (χ2n) is 7.23. The molecular formula is C17H27NO2. The SMILES string of the molecule is CC1(C)CC(=O)C(C=NC2CCCCCCC2)C(=O)C1. The lowest BCUT2D eigenvalue weighted by Gasteiger charge is -2.30. The Hall–Kier alpha value is -0.990. The number of hydrogen-bond acceptors (Lipinski definition) is 3. The first kappa shape index (κ1) is 15.4. The molecule has 0 aromatic carbocycles. The Morgan fingerprint density at radius 3 is 2.00 bits per heavy atom. The normalized spacial score (nSPS) is 26.7. The third-order valence-corrected chi connectivity index (χ3v) is 4.52. The summed E-state index contributed by atoms with van der Waals surface area (Å²) in [5.41, 5.74) is -0.168. The van der Waals surface area contributed by atoms with Gasteiger partial charge in [-0.05, 0) is 18.3 Å². The summed E-state index contributed by atoms with van der Waals surface area (Å²) < 4.78 is 0. The number of hydrogen-bond donors (Lipinski definition) is 0. The van der Waals surface area contributed by atoms with E-state index < -0.39 is 5.92 Å². The van der Waals surface area contributed by atoms with Crippen LogP contribution >= 0.6 is 0 Å². The molecular weight excluding hydrogens is 250 g/mol. The molecule has 0 N–H and O–H groups in total. The van der Waals surface area contributed by atoms with Gasteiger partial charge in [-0.25, -0.2) is 0 Å². The highest BCUT2D eigenvalue weighted by Crippen LogP contribution is 2.33. The Kier molecular flexibility index (Phi) is 5.11. The van der Waals surface area contributed by atoms with E-state index in [1.807, 2.05) is 13.8 Å². The topological polar surface area (TPSA) is 46.5 Å². The zero-order chi connectivity index (χ0) is 14.6. The molecule has 0 aromatic rings. The van der Waals surface area contributed by atoms with Crippen LogP contribution in [0.2, 0.25) is 0 Å². The fourth-order valence-electron chi connectivity index (χ4n) is 3.36. The van der Waals surface area contributed by atoms with Gasteiger partial charge in [0, 0.05) is 25.1 Å². The van der Waals surface area contributed by atoms with Crippen molar-refractivity contribution in [1.29, 1.82) is 0 Å². The maximum absolute atomic E-state index is 12.1. The lowest BCUT2D eigenvalue weighted by Crippen LogP contribution is -2.38. The van der Waals surface area contributed by atoms with E-state index >= 15 is 0 Å². The average molecular weight is 277 g/mol. The lowest BCUT2D eigenvalue weighted by molar-refractivity contribution is -0.136. The number of carbonyl (C=O) groups excluding carboxylic acids is 2. The Bertz CT molecular complexity index is 370. The van der Waals surface area contributed by atoms with Gasteiger partial charge >= 0.3 is 0 Å². The smallest absolute Gasteiger partial charge is 0.149 e. The van der Waals surface area contributed by atoms with Crippen LogP contribution in [0.15, 0.2) is 4.99 Å². The molecule has 2 fully saturated rings. The number of nitrogens with zero attached hydrogens (tertiary/aromatic N) is 1. The van der Waals surface area contributed by atoms with Crippen LogP contribution in [0.3, 0.4) is 0 Å². The van der Waals surface area contributed by atoms with Gasteiger partial charge in [-0.1, -0.05) is 46.0 Å². The standard InChI is InChI=1S/C17H27NO2/c1-17(2)10-15(19)14(16(20)11-17)12-18-13-8-6-4-3-5-7-9-13/h12-14H,3-11H2,1-2H3. The Morgan fingerprint density at radius 1 is 0.950 bits per heavy atom. The van der Waals surface area contributed by atoms with E-state index in [0.29, 0.717) is 18.9 Å². The second-order valence-corrected chi connectivity index (χ2v) is 7.23. The largest absolute Gasteiger partial charge is 0.298 e. The third kappa shape index (κ3) is 4.26. The van der Waals surface area contributed by atoms with E-state index in [1.54, 1.807) is 6.21 Å². The van der Waals surface area contributed by atoms with Crippen molar-refractivity contribution < 1.29 is 9.59 Å². The zero-order valence-electron chi connectivity index (χ0n) is 12.9. The predicted octanol–water partition coefficient (Wildman–Crippen LogP) is 3.74. The van der Waals surface area contributed by atoms with Gasteiger partial charge in [0.15, 0.2) is 0 Å². The molecule has 2 rings (SSSR count). The highest BCUT2D eigenvalue weighted by Gasteiger charge is 2.38. The molecule has 0 amide bonds. The van der Waals surface area contributed by atoms with Crippen LogP contribution < -0.4 is 0 Å². The van der Waals surface area contributed by atoms with E-state index in [1.165, 1.54) is 32.1 Å². The molecule has 0 atom stereocenters. The molecule has 0 radical (unpaired) electrons. The molecule has 0 saturated heterocycles. The summed E-state index contributed by atoms with van der Waals surface area (Å²) in [5, 5.41) is 0. The number of Topliss-reactive ketones (excluding diaryl/α,β-unsaturated/α-hetero) is 2. The van der Waals surface area contributed by atoms with Crippen molar-refractivity contribution in [2.45, 2.75) is 77.7 Å². The van der Waals surface area contributed by atoms with Gasteiger partial charge in [-0.15, -0.1) is 0 Å². The molecule has 0 aromatic heterocycles. The predicted molar refractivity (Wildman–Crippen MR) is 81.1 cm³/mol. The first-order valence-electron chi connectivity index (χ1n) is 8.07. The van der Waals surface area contributed by atoms with Crippen molar-refractivity contribution in [3.05, 3.63) is 0 Å². The molecule has 0 unspecified atom stereocenters. The van der Waals surface area contributed by atoms with Crippen LogP contribution in [0.4, 0.5) is 0 Å². The minimum atomic E-state index is -0.562. The molecule has 0 aliphatic heterocycles. The second kappa shape index (κ2) is 6.64. The van der Waals surface area contributed by atoms with Crippen LogP contribution in [0, 0.1) is 11.3 Å². The first-order valence-corrected chi connectivity index (χ1v) is 8.07. The van der Waals surface area contributed by atoms with Crippen molar-refractivity contribution >= 4 is 17.8 Å². The Morgan fingerprint density at radius 2 is 1.45 bits per heavy atom. The maximum atomic E-state index is 12.1. The van der Waals surface area contributed by atoms with E-state index in [0.717, 1.165) is 12.8 Å². The number of aliphatic imine (C=N–C) groups is 1. The summed E-state index contributed by atoms with van der Waals surface area (Å²) in [6.45, 7) is 3.98. The van der Waals surface area contributed by atoms with Gasteiger partial charge in [0.25, 0.3) is 0 Å². The van der Waals surface area contributed by atoms with Gasteiger partial charge in [0.1, 0.15) is 17.5 Å². The van der Waals surface area contributed by atoms with Crippen LogP contribution in [0.5, 0.6) is 0 Å². The number of rotatable bonds is 2. The molecule has 3 heteroatoms. The van der Waals surface area contributed by atoms with Crippen LogP contribution in [-0.2, 0) is 9.59 Å². The number of carbonyl (C=O) groups is 2. The van der Waals surface area contributed by atoms with E-state index in [9.17, 15) is 9.59 Å². The molecule has 20 heavy (non-hydrogen) atoms. The summed E-state index contributed by atoms with van der Waals surface area (Å²) in [6, 6.07) is 0.325. The summed E-state index contributed by atoms with van der Waals surface area (Å²) >= 11 is 0. The third-order valence-electron chi connectivity index (χ3n) is 4.52. The van der Waals surface area contributed by atoms with Gasteiger partial charge in [-0.2, -0.15) is 0 Å². The van der Waals surface area contributed by atoms with E-state index in [-0.39, 0.29) is 17.0 Å². The first-order chi connectivity index (χ1) is 9.48. The van der Waals surface area contributed by atoms with Crippen LogP contribution in [-0.4, -0.2) is 23.8 Å². The Labute approximate surface area is 122 Å². The highest BCUT2D eigenvalue weighted by atomic mass is 16.2. The van der Waals surface area contributed by atoms with Crippen molar-refractivity contribution in [2.24, 2.45) is 16.3 Å². The zero-order valence-corrected chi connectivity index (χ0v) is 12.9. The minimum Gasteiger partial charge on any atom is -0.298 e. The highest BCUT2D eigenvalue weighted by molar-refractivity contribution is 6.16. The molecule has 2 saturated carbocycles. The molecule has 112 valence electrons. The molecule has 3 nitrogen and oxygen atoms in total. The van der Waals surface area contributed by atoms with Crippen molar-refractivity contribution in [1.82, 2.24) is 0 Å². The van der Waals surface area contributed by atoms with Crippen molar-refractivity contribution in [2.75, 3.05) is 0 Å². The van der Waals surface area contributed by atoms with Crippen molar-refractivity contribution in [3.63, 3.8) is 0 Å². The summed E-state index contributed by atoms with van der Waals surface area (Å²) in [7, 11) is 0. The van der Waals surface area contributed by atoms with Crippen molar-refractivity contribution in [3.8, 4) is 0 Å².